The van der Waals surface area contributed by atoms with Gasteiger partial charge in [-0.3, -0.25) is 28.5 Å². The van der Waals surface area contributed by atoms with Gasteiger partial charge in [0.25, 0.3) is 5.56 Å². The lowest BCUT2D eigenvalue weighted by Gasteiger charge is -2.38. The molecule has 0 bridgehead atoms. The van der Waals surface area contributed by atoms with E-state index in [1.165, 1.54) is 10.9 Å². The Morgan fingerprint density at radius 2 is 1.47 bits per heavy atom. The SMILES string of the molecule is C[C@H](CC(=O)N1CCC(O)(Cn2cnc3c(-c4ccc(CNC(=O)CCCN5CCN(C[C@@H](O)Cn6c7ccc(Br)cc7c7cc(Br)ccc76)CC5)cc4)n(C)nc3c2=O)CC1)c1ccccc1. The van der Waals surface area contributed by atoms with Gasteiger partial charge in [-0.15, -0.1) is 0 Å². The van der Waals surface area contributed by atoms with Crippen molar-refractivity contribution in [2.75, 3.05) is 52.4 Å². The minimum absolute atomic E-state index is 0.0101. The summed E-state index contributed by atoms with van der Waals surface area (Å²) in [6.45, 7) is 8.89. The van der Waals surface area contributed by atoms with Crippen LogP contribution in [0.1, 0.15) is 56.1 Å². The Bertz CT molecular complexity index is 2910. The zero-order chi connectivity index (χ0) is 47.5. The Labute approximate surface area is 412 Å². The van der Waals surface area contributed by atoms with Gasteiger partial charge in [0.15, 0.2) is 5.52 Å². The van der Waals surface area contributed by atoms with Crippen molar-refractivity contribution in [3.63, 3.8) is 0 Å². The Morgan fingerprint density at radius 3 is 2.13 bits per heavy atom. The molecule has 4 aromatic carbocycles. The maximum atomic E-state index is 13.7. The van der Waals surface area contributed by atoms with Crippen molar-refractivity contribution < 1.29 is 19.8 Å². The van der Waals surface area contributed by atoms with Crippen molar-refractivity contribution in [1.82, 2.24) is 43.9 Å². The molecule has 0 unspecified atom stereocenters. The van der Waals surface area contributed by atoms with Crippen molar-refractivity contribution >= 4 is 76.5 Å². The summed E-state index contributed by atoms with van der Waals surface area (Å²) in [5.41, 5.74) is 5.06. The van der Waals surface area contributed by atoms with Crippen LogP contribution in [0.2, 0.25) is 0 Å². The van der Waals surface area contributed by atoms with Gasteiger partial charge in [-0.25, -0.2) is 4.98 Å². The molecule has 2 fully saturated rings. The van der Waals surface area contributed by atoms with Crippen molar-refractivity contribution in [1.29, 1.82) is 0 Å². The minimum Gasteiger partial charge on any atom is -0.390 e. The first-order valence-electron chi connectivity index (χ1n) is 23.6. The van der Waals surface area contributed by atoms with Crippen LogP contribution in [0.25, 0.3) is 44.1 Å². The monoisotopic (exact) mass is 1050 g/mol. The van der Waals surface area contributed by atoms with E-state index in [9.17, 15) is 24.6 Å². The first-order valence-corrected chi connectivity index (χ1v) is 25.2. The first-order chi connectivity index (χ1) is 32.8. The second-order valence-electron chi connectivity index (χ2n) is 18.8. The highest BCUT2D eigenvalue weighted by Gasteiger charge is 2.35. The average molecular weight is 1050 g/mol. The van der Waals surface area contributed by atoms with Gasteiger partial charge in [0.05, 0.1) is 36.8 Å². The number of benzene rings is 4. The minimum atomic E-state index is -1.15. The van der Waals surface area contributed by atoms with Gasteiger partial charge in [0.1, 0.15) is 5.52 Å². The molecular formula is C52H59Br2N9O5. The largest absolute Gasteiger partial charge is 0.390 e. The Morgan fingerprint density at radius 1 is 0.824 bits per heavy atom. The van der Waals surface area contributed by atoms with E-state index in [-0.39, 0.29) is 35.4 Å². The summed E-state index contributed by atoms with van der Waals surface area (Å²) >= 11 is 7.24. The summed E-state index contributed by atoms with van der Waals surface area (Å²) in [4.78, 5) is 50.9. The molecule has 2 aliphatic rings. The van der Waals surface area contributed by atoms with Crippen LogP contribution in [0.5, 0.6) is 0 Å². The van der Waals surface area contributed by atoms with Crippen LogP contribution in [0, 0.1) is 0 Å². The van der Waals surface area contributed by atoms with Crippen LogP contribution in [-0.2, 0) is 36.3 Å². The highest BCUT2D eigenvalue weighted by atomic mass is 79.9. The molecule has 7 aromatic rings. The molecule has 5 heterocycles. The number of aliphatic hydroxyl groups is 2. The van der Waals surface area contributed by atoms with Gasteiger partial charge in [-0.1, -0.05) is 93.4 Å². The van der Waals surface area contributed by atoms with Crippen LogP contribution in [0.15, 0.2) is 111 Å². The van der Waals surface area contributed by atoms with Crippen LogP contribution < -0.4 is 10.9 Å². The molecule has 356 valence electrons. The molecule has 0 aliphatic carbocycles. The Kier molecular flexibility index (Phi) is 14.6. The van der Waals surface area contributed by atoms with Crippen molar-refractivity contribution in [2.24, 2.45) is 7.05 Å². The van der Waals surface area contributed by atoms with Crippen LogP contribution in [0.4, 0.5) is 0 Å². The number of piperazine rings is 1. The Hall–Kier alpha value is -5.23. The average Bonchev–Trinajstić information content (AvgIpc) is 3.83. The number of fused-ring (bicyclic) bond motifs is 4. The molecule has 2 saturated heterocycles. The molecular weight excluding hydrogens is 990 g/mol. The summed E-state index contributed by atoms with van der Waals surface area (Å²) in [6.07, 6.45) is 3.31. The highest BCUT2D eigenvalue weighted by Crippen LogP contribution is 2.34. The molecule has 16 heteroatoms. The van der Waals surface area contributed by atoms with E-state index in [0.717, 1.165) is 86.6 Å². The third-order valence-electron chi connectivity index (χ3n) is 13.9. The van der Waals surface area contributed by atoms with Crippen LogP contribution >= 0.6 is 31.9 Å². The van der Waals surface area contributed by atoms with Crippen LogP contribution in [0.3, 0.4) is 0 Å². The molecule has 0 saturated carbocycles. The van der Waals surface area contributed by atoms with Crippen molar-refractivity contribution in [3.05, 3.63) is 128 Å². The number of likely N-dealkylation sites (tertiary alicyclic amines) is 1. The first kappa shape index (κ1) is 47.8. The molecule has 0 radical (unpaired) electrons. The molecule has 0 spiro atoms. The molecule has 14 nitrogen and oxygen atoms in total. The Balaban J connectivity index is 0.705. The predicted octanol–water partition coefficient (Wildman–Crippen LogP) is 7.05. The van der Waals surface area contributed by atoms with Gasteiger partial charge >= 0.3 is 0 Å². The van der Waals surface area contributed by atoms with Gasteiger partial charge in [-0.05, 0) is 79.3 Å². The lowest BCUT2D eigenvalue weighted by atomic mass is 9.90. The van der Waals surface area contributed by atoms with E-state index in [4.69, 9.17) is 0 Å². The molecule has 3 aromatic heterocycles. The van der Waals surface area contributed by atoms with E-state index in [0.29, 0.717) is 69.6 Å². The second-order valence-corrected chi connectivity index (χ2v) is 20.6. The zero-order valence-corrected chi connectivity index (χ0v) is 41.8. The number of amides is 2. The number of halogens is 2. The predicted molar refractivity (Wildman–Crippen MR) is 273 cm³/mol. The fourth-order valence-corrected chi connectivity index (χ4v) is 10.7. The van der Waals surface area contributed by atoms with E-state index in [1.807, 2.05) is 71.6 Å². The lowest BCUT2D eigenvalue weighted by Crippen LogP contribution is -2.49. The number of rotatable bonds is 16. The number of hydrogen-bond donors (Lipinski definition) is 3. The molecule has 2 atom stereocenters. The van der Waals surface area contributed by atoms with Crippen molar-refractivity contribution in [2.45, 2.75) is 76.3 Å². The second kappa shape index (κ2) is 20.8. The molecule has 2 amide bonds. The number of nitrogens with zero attached hydrogens (tertiary/aromatic N) is 8. The number of hydrogen-bond acceptors (Lipinski definition) is 9. The standard InChI is InChI=1S/C52H59Br2N9O5/c1-35(37-7-4-3-5-8-37)27-47(66)61-21-18-52(68,19-22-61)33-62-34-56-48-49(51(62)67)57-58(2)50(48)38-12-10-36(11-13-38)30-55-46(65)9-6-20-59-23-25-60(26-24-59)31-41(64)32-63-44-16-14-39(53)28-42(44)43-29-40(54)15-17-45(43)63/h3-5,7-8,10-17,28-29,34-35,41,64,68H,6,9,18-27,30-33H2,1-2H3,(H,55,65)/t35-,41-/m1/s1. The molecule has 2 aliphatic heterocycles. The van der Waals surface area contributed by atoms with Gasteiger partial charge in [0, 0.05) is 109 Å². The number of aryl methyl sites for hydroxylation is 1. The third kappa shape index (κ3) is 10.8. The number of aromatic nitrogens is 5. The number of piperidine rings is 1. The van der Waals surface area contributed by atoms with E-state index in [1.54, 1.807) is 11.7 Å². The maximum absolute atomic E-state index is 13.7. The summed E-state index contributed by atoms with van der Waals surface area (Å²) in [6, 6.07) is 30.4. The van der Waals surface area contributed by atoms with E-state index in [2.05, 4.69) is 92.8 Å². The fraction of sp³-hybridized carbons (Fsp3) is 0.404. The zero-order valence-electron chi connectivity index (χ0n) is 38.7. The molecule has 3 N–H and O–H groups in total. The number of carbonyl (C=O) groups excluding carboxylic acids is 2. The fourth-order valence-electron chi connectivity index (χ4n) is 10.0. The number of nitrogens with one attached hydrogen (secondary N) is 1. The summed E-state index contributed by atoms with van der Waals surface area (Å²) < 4.78 is 7.38. The molecule has 9 rings (SSSR count). The number of β-amino-alcohol motifs (C(OH)–C–C–N with tert-alkyl or cyclic N) is 1. The van der Waals surface area contributed by atoms with Gasteiger partial charge in [-0.2, -0.15) is 5.10 Å². The topological polar surface area (TPSA) is 154 Å². The van der Waals surface area contributed by atoms with Gasteiger partial charge in [0.2, 0.25) is 11.8 Å². The van der Waals surface area contributed by atoms with Crippen LogP contribution in [-0.4, -0.2) is 125 Å². The normalized spacial score (nSPS) is 16.7. The lowest BCUT2D eigenvalue weighted by molar-refractivity contribution is -0.136. The number of aliphatic hydroxyl groups excluding tert-OH is 1. The highest BCUT2D eigenvalue weighted by molar-refractivity contribution is 9.10. The van der Waals surface area contributed by atoms with E-state index >= 15 is 0 Å². The summed E-state index contributed by atoms with van der Waals surface area (Å²) in [5.74, 6) is 0.180. The maximum Gasteiger partial charge on any atom is 0.281 e. The number of carbonyl (C=O) groups is 2. The van der Waals surface area contributed by atoms with Gasteiger partial charge < -0.3 is 29.9 Å². The summed E-state index contributed by atoms with van der Waals surface area (Å²) in [5, 5.41) is 32.7. The van der Waals surface area contributed by atoms with E-state index < -0.39 is 11.7 Å². The summed E-state index contributed by atoms with van der Waals surface area (Å²) in [7, 11) is 1.78. The smallest absolute Gasteiger partial charge is 0.281 e. The third-order valence-corrected chi connectivity index (χ3v) is 14.9. The molecule has 68 heavy (non-hydrogen) atoms. The quantitative estimate of drug-likeness (QED) is 0.0925. The van der Waals surface area contributed by atoms with Crippen molar-refractivity contribution in [3.8, 4) is 11.3 Å².